The zero-order valence-electron chi connectivity index (χ0n) is 27.3. The van der Waals surface area contributed by atoms with Crippen LogP contribution in [0.3, 0.4) is 0 Å². The van der Waals surface area contributed by atoms with E-state index in [2.05, 4.69) is 64.1 Å². The number of carbonyl (C=O) groups is 1. The fourth-order valence-electron chi connectivity index (χ4n) is 7.47. The van der Waals surface area contributed by atoms with Crippen LogP contribution in [0.1, 0.15) is 67.4 Å². The van der Waals surface area contributed by atoms with Crippen LogP contribution < -0.4 is 15.0 Å². The van der Waals surface area contributed by atoms with Gasteiger partial charge in [0.2, 0.25) is 11.8 Å². The van der Waals surface area contributed by atoms with Gasteiger partial charge < -0.3 is 19.1 Å². The van der Waals surface area contributed by atoms with Crippen molar-refractivity contribution >= 4 is 28.6 Å². The minimum atomic E-state index is -0.197. The number of aromatic nitrogens is 5. The predicted octanol–water partition coefficient (Wildman–Crippen LogP) is 5.90. The Hall–Kier alpha value is -3.92. The van der Waals surface area contributed by atoms with E-state index >= 15 is 0 Å². The van der Waals surface area contributed by atoms with Gasteiger partial charge in [0, 0.05) is 49.7 Å². The van der Waals surface area contributed by atoms with Crippen molar-refractivity contribution in [1.82, 2.24) is 29.2 Å². The summed E-state index contributed by atoms with van der Waals surface area (Å²) in [4.78, 5) is 28.5. The highest BCUT2D eigenvalue weighted by Crippen LogP contribution is 2.41. The Morgan fingerprint density at radius 2 is 1.71 bits per heavy atom. The quantitative estimate of drug-likeness (QED) is 0.308. The largest absolute Gasteiger partial charge is 0.477 e. The van der Waals surface area contributed by atoms with E-state index < -0.39 is 0 Å². The van der Waals surface area contributed by atoms with Crippen LogP contribution in [-0.4, -0.2) is 75.0 Å². The van der Waals surface area contributed by atoms with Crippen LogP contribution in [0.25, 0.3) is 22.3 Å². The molecule has 1 aliphatic heterocycles. The van der Waals surface area contributed by atoms with E-state index in [1.54, 1.807) is 10.9 Å². The molecular weight excluding hydrogens is 564 g/mol. The molecular formula is C35H46N8O2. The van der Waals surface area contributed by atoms with Crippen LogP contribution in [-0.2, 0) is 13.6 Å². The molecule has 3 aromatic heterocycles. The zero-order chi connectivity index (χ0) is 31.2. The van der Waals surface area contributed by atoms with Gasteiger partial charge in [0.05, 0.1) is 35.1 Å². The van der Waals surface area contributed by atoms with Crippen molar-refractivity contribution in [3.05, 3.63) is 47.8 Å². The van der Waals surface area contributed by atoms with Gasteiger partial charge in [0.1, 0.15) is 0 Å². The zero-order valence-corrected chi connectivity index (χ0v) is 27.3. The Kier molecular flexibility index (Phi) is 8.02. The van der Waals surface area contributed by atoms with Crippen molar-refractivity contribution in [2.24, 2.45) is 18.9 Å². The lowest BCUT2D eigenvalue weighted by Crippen LogP contribution is -2.40. The Morgan fingerprint density at radius 3 is 2.47 bits per heavy atom. The number of nitrogens with zero attached hydrogens (tertiary/aromatic N) is 7. The second kappa shape index (κ2) is 12.1. The van der Waals surface area contributed by atoms with Crippen LogP contribution in [0.4, 0.5) is 11.6 Å². The van der Waals surface area contributed by atoms with Gasteiger partial charge >= 0.3 is 0 Å². The fourth-order valence-corrected chi connectivity index (χ4v) is 7.47. The molecule has 1 amide bonds. The van der Waals surface area contributed by atoms with E-state index in [9.17, 15) is 4.79 Å². The minimum Gasteiger partial charge on any atom is -0.477 e. The molecule has 238 valence electrons. The lowest BCUT2D eigenvalue weighted by atomic mass is 9.89. The highest BCUT2D eigenvalue weighted by molar-refractivity contribution is 6.05. The first-order chi connectivity index (χ1) is 21.7. The maximum absolute atomic E-state index is 13.9. The second-order valence-corrected chi connectivity index (χ2v) is 13.7. The minimum absolute atomic E-state index is 0.197. The molecule has 4 aromatic rings. The molecule has 2 aliphatic carbocycles. The highest BCUT2D eigenvalue weighted by Gasteiger charge is 2.33. The Morgan fingerprint density at radius 1 is 0.933 bits per heavy atom. The average Bonchev–Trinajstić information content (AvgIpc) is 3.74. The molecule has 0 unspecified atom stereocenters. The van der Waals surface area contributed by atoms with E-state index in [1.165, 1.54) is 44.2 Å². The molecule has 1 N–H and O–H groups in total. The summed E-state index contributed by atoms with van der Waals surface area (Å²) in [6, 6.07) is 11.5. The predicted molar refractivity (Wildman–Crippen MR) is 178 cm³/mol. The molecule has 1 aromatic carbocycles. The van der Waals surface area contributed by atoms with Crippen molar-refractivity contribution in [1.29, 1.82) is 0 Å². The number of amides is 1. The summed E-state index contributed by atoms with van der Waals surface area (Å²) in [7, 11) is 8.48. The van der Waals surface area contributed by atoms with Crippen LogP contribution in [0.2, 0.25) is 0 Å². The summed E-state index contributed by atoms with van der Waals surface area (Å²) in [6.45, 7) is 3.33. The summed E-state index contributed by atoms with van der Waals surface area (Å²) in [5.41, 5.74) is 5.92. The number of hydrogen-bond acceptors (Lipinski definition) is 7. The van der Waals surface area contributed by atoms with E-state index in [0.717, 1.165) is 41.7 Å². The third-order valence-electron chi connectivity index (χ3n) is 10.3. The smallest absolute Gasteiger partial charge is 0.258 e. The molecule has 2 bridgehead atoms. The molecule has 2 saturated carbocycles. The number of aryl methyl sites for hydroxylation is 2. The molecule has 2 fully saturated rings. The van der Waals surface area contributed by atoms with Gasteiger partial charge in [-0.25, -0.2) is 9.67 Å². The molecule has 3 aliphatic rings. The van der Waals surface area contributed by atoms with Gasteiger partial charge in [-0.2, -0.15) is 5.10 Å². The van der Waals surface area contributed by atoms with Crippen molar-refractivity contribution in [2.75, 3.05) is 38.0 Å². The number of benzene rings is 1. The monoisotopic (exact) mass is 610 g/mol. The number of hydrogen-bond donors (Lipinski definition) is 1. The first-order valence-corrected chi connectivity index (χ1v) is 16.6. The SMILES string of the molecule is Cc1cc2cc(n1)-c1cnn(C)c1OCCC[C@@H](C1CC1)Cn1c(nc3cc(N(C)C4CCC(N(C)C)CC4)ccc31)NC2=O. The van der Waals surface area contributed by atoms with Gasteiger partial charge in [-0.05, 0) is 115 Å². The van der Waals surface area contributed by atoms with Crippen molar-refractivity contribution in [3.8, 4) is 17.1 Å². The van der Waals surface area contributed by atoms with Gasteiger partial charge in [-0.1, -0.05) is 0 Å². The number of fused-ring (bicyclic) bond motifs is 7. The summed E-state index contributed by atoms with van der Waals surface area (Å²) < 4.78 is 10.3. The number of carbonyl (C=O) groups excluding carboxylic acids is 1. The first-order valence-electron chi connectivity index (χ1n) is 16.6. The molecule has 45 heavy (non-hydrogen) atoms. The van der Waals surface area contributed by atoms with E-state index in [4.69, 9.17) is 14.7 Å². The van der Waals surface area contributed by atoms with Crippen LogP contribution in [0.5, 0.6) is 5.88 Å². The highest BCUT2D eigenvalue weighted by atomic mass is 16.5. The van der Waals surface area contributed by atoms with Crippen LogP contribution in [0.15, 0.2) is 36.5 Å². The lowest BCUT2D eigenvalue weighted by Gasteiger charge is -2.38. The normalized spacial score (nSPS) is 22.6. The Balaban J connectivity index is 1.24. The summed E-state index contributed by atoms with van der Waals surface area (Å²) in [5.74, 6) is 2.27. The van der Waals surface area contributed by atoms with Crippen LogP contribution >= 0.6 is 0 Å². The molecule has 0 saturated heterocycles. The van der Waals surface area contributed by atoms with Crippen molar-refractivity contribution < 1.29 is 9.53 Å². The third-order valence-corrected chi connectivity index (χ3v) is 10.3. The summed E-state index contributed by atoms with van der Waals surface area (Å²) in [5, 5.41) is 7.65. The van der Waals surface area contributed by atoms with Gasteiger partial charge in [0.15, 0.2) is 0 Å². The van der Waals surface area contributed by atoms with Gasteiger partial charge in [-0.3, -0.25) is 15.1 Å². The summed E-state index contributed by atoms with van der Waals surface area (Å²) >= 11 is 0. The molecule has 10 heteroatoms. The number of imidazole rings is 1. The van der Waals surface area contributed by atoms with E-state index in [0.29, 0.717) is 53.6 Å². The lowest BCUT2D eigenvalue weighted by molar-refractivity contribution is 0.102. The standard InChI is InChI=1S/C35H46N8O2/c1-22-17-25-18-30(37-22)29-20-36-42(5)34(29)45-16-6-7-24(23-8-9-23)21-43-32-15-14-28(19-31(32)38-35(43)39-33(25)44)41(4)27-12-10-26(11-13-27)40(2)3/h14-15,17-20,23-24,26-27H,6-13,16,21H2,1-5H3,(H,38,39,44)/t24-,26?,27?/m1/s1. The molecule has 0 spiro atoms. The maximum atomic E-state index is 13.9. The number of nitrogens with one attached hydrogen (secondary N) is 1. The average molecular weight is 611 g/mol. The number of ether oxygens (including phenoxy) is 1. The topological polar surface area (TPSA) is 93.3 Å². The maximum Gasteiger partial charge on any atom is 0.258 e. The van der Waals surface area contributed by atoms with Crippen molar-refractivity contribution in [3.63, 3.8) is 0 Å². The molecule has 4 heterocycles. The Labute approximate surface area is 265 Å². The van der Waals surface area contributed by atoms with Gasteiger partial charge in [-0.15, -0.1) is 0 Å². The molecule has 0 radical (unpaired) electrons. The van der Waals surface area contributed by atoms with E-state index in [1.807, 2.05) is 26.1 Å². The molecule has 10 nitrogen and oxygen atoms in total. The van der Waals surface area contributed by atoms with Gasteiger partial charge in [0.25, 0.3) is 5.91 Å². The third kappa shape index (κ3) is 6.04. The Bertz CT molecular complexity index is 1700. The fraction of sp³-hybridized carbons (Fsp3) is 0.543. The number of rotatable bonds is 4. The van der Waals surface area contributed by atoms with E-state index in [-0.39, 0.29) is 5.91 Å². The second-order valence-electron chi connectivity index (χ2n) is 13.7. The van der Waals surface area contributed by atoms with Crippen molar-refractivity contribution in [2.45, 2.75) is 76.9 Å². The summed E-state index contributed by atoms with van der Waals surface area (Å²) in [6.07, 6.45) is 11.1. The number of pyridine rings is 1. The number of anilines is 2. The molecule has 1 atom stereocenters. The molecule has 7 rings (SSSR count). The first kappa shape index (κ1) is 29.8. The van der Waals surface area contributed by atoms with Crippen LogP contribution in [0, 0.1) is 18.8 Å².